The minimum atomic E-state index is -0.529. The van der Waals surface area contributed by atoms with Crippen molar-refractivity contribution in [1.29, 1.82) is 0 Å². The highest BCUT2D eigenvalue weighted by Gasteiger charge is 2.24. The number of rotatable bonds is 6. The Balaban J connectivity index is 2.47. The van der Waals surface area contributed by atoms with Crippen molar-refractivity contribution >= 4 is 11.3 Å². The number of thiophene rings is 1. The van der Waals surface area contributed by atoms with Gasteiger partial charge in [-0.2, -0.15) is 0 Å². The third-order valence-electron chi connectivity index (χ3n) is 3.32. The molecule has 1 aromatic carbocycles. The number of hydrogen-bond donors (Lipinski definition) is 1. The molecule has 0 bridgehead atoms. The standard InChI is InChI=1S/C16H19F2NOS/c1-4-7-19-16(13-8-11(20-3)9-21-13)14-12(17)6-5-10(2)15(14)18/h5-6,8-9,16,19H,4,7H2,1-3H3. The molecular formula is C16H19F2NOS. The molecule has 1 atom stereocenters. The zero-order valence-electron chi connectivity index (χ0n) is 12.4. The van der Waals surface area contributed by atoms with Gasteiger partial charge in [0.2, 0.25) is 0 Å². The number of hydrogen-bond acceptors (Lipinski definition) is 3. The molecule has 0 aliphatic heterocycles. The molecule has 0 aliphatic carbocycles. The summed E-state index contributed by atoms with van der Waals surface area (Å²) in [6.07, 6.45) is 0.883. The van der Waals surface area contributed by atoms with E-state index >= 15 is 0 Å². The summed E-state index contributed by atoms with van der Waals surface area (Å²) >= 11 is 1.43. The lowest BCUT2D eigenvalue weighted by molar-refractivity contribution is 0.416. The van der Waals surface area contributed by atoms with E-state index in [1.165, 1.54) is 23.5 Å². The number of nitrogens with one attached hydrogen (secondary N) is 1. The average molecular weight is 311 g/mol. The van der Waals surface area contributed by atoms with E-state index < -0.39 is 17.7 Å². The van der Waals surface area contributed by atoms with E-state index in [9.17, 15) is 8.78 Å². The van der Waals surface area contributed by atoms with E-state index in [1.54, 1.807) is 14.0 Å². The molecule has 1 heterocycles. The van der Waals surface area contributed by atoms with Crippen molar-refractivity contribution < 1.29 is 13.5 Å². The second-order valence-electron chi connectivity index (χ2n) is 4.87. The van der Waals surface area contributed by atoms with Gasteiger partial charge in [-0.25, -0.2) is 8.78 Å². The zero-order valence-corrected chi connectivity index (χ0v) is 13.2. The Morgan fingerprint density at radius 2 is 2.10 bits per heavy atom. The summed E-state index contributed by atoms with van der Waals surface area (Å²) < 4.78 is 33.7. The summed E-state index contributed by atoms with van der Waals surface area (Å²) in [4.78, 5) is 0.837. The molecule has 1 N–H and O–H groups in total. The summed E-state index contributed by atoms with van der Waals surface area (Å²) in [5, 5.41) is 5.06. The fourth-order valence-corrected chi connectivity index (χ4v) is 3.11. The first-order chi connectivity index (χ1) is 10.1. The molecule has 21 heavy (non-hydrogen) atoms. The lowest BCUT2D eigenvalue weighted by Gasteiger charge is -2.19. The van der Waals surface area contributed by atoms with E-state index in [-0.39, 0.29) is 5.56 Å². The minimum absolute atomic E-state index is 0.0768. The van der Waals surface area contributed by atoms with Gasteiger partial charge in [0.15, 0.2) is 0 Å². The summed E-state index contributed by atoms with van der Waals surface area (Å²) in [6, 6.07) is 4.09. The van der Waals surface area contributed by atoms with E-state index in [1.807, 2.05) is 18.4 Å². The Morgan fingerprint density at radius 3 is 2.71 bits per heavy atom. The van der Waals surface area contributed by atoms with Crippen LogP contribution in [0.25, 0.3) is 0 Å². The first-order valence-corrected chi connectivity index (χ1v) is 7.76. The van der Waals surface area contributed by atoms with Crippen molar-refractivity contribution in [2.75, 3.05) is 13.7 Å². The van der Waals surface area contributed by atoms with Crippen LogP contribution in [-0.4, -0.2) is 13.7 Å². The van der Waals surface area contributed by atoms with Crippen LogP contribution < -0.4 is 10.1 Å². The molecule has 1 unspecified atom stereocenters. The molecule has 1 aromatic heterocycles. The number of benzene rings is 1. The lowest BCUT2D eigenvalue weighted by atomic mass is 10.0. The molecule has 0 spiro atoms. The van der Waals surface area contributed by atoms with Crippen molar-refractivity contribution in [2.24, 2.45) is 0 Å². The maximum absolute atomic E-state index is 14.4. The second-order valence-corrected chi connectivity index (χ2v) is 5.81. The van der Waals surface area contributed by atoms with Gasteiger partial charge in [-0.15, -0.1) is 11.3 Å². The van der Waals surface area contributed by atoms with Crippen LogP contribution >= 0.6 is 11.3 Å². The fourth-order valence-electron chi connectivity index (χ4n) is 2.17. The van der Waals surface area contributed by atoms with Gasteiger partial charge in [-0.1, -0.05) is 13.0 Å². The molecule has 0 amide bonds. The third-order valence-corrected chi connectivity index (χ3v) is 4.30. The van der Waals surface area contributed by atoms with Crippen molar-refractivity contribution in [3.05, 3.63) is 51.2 Å². The maximum atomic E-state index is 14.4. The predicted octanol–water partition coefficient (Wildman–Crippen LogP) is 4.43. The predicted molar refractivity (Wildman–Crippen MR) is 82.1 cm³/mol. The quantitative estimate of drug-likeness (QED) is 0.852. The van der Waals surface area contributed by atoms with Gasteiger partial charge in [0.25, 0.3) is 0 Å². The van der Waals surface area contributed by atoms with Gasteiger partial charge in [0, 0.05) is 15.8 Å². The molecule has 114 valence electrons. The minimum Gasteiger partial charge on any atom is -0.496 e. The smallest absolute Gasteiger partial charge is 0.134 e. The SMILES string of the molecule is CCCNC(c1cc(OC)cs1)c1c(F)ccc(C)c1F. The Morgan fingerprint density at radius 1 is 1.33 bits per heavy atom. The molecule has 0 saturated heterocycles. The van der Waals surface area contributed by atoms with Crippen molar-refractivity contribution in [1.82, 2.24) is 5.32 Å². The molecule has 2 rings (SSSR count). The monoisotopic (exact) mass is 311 g/mol. The van der Waals surface area contributed by atoms with E-state index in [4.69, 9.17) is 4.74 Å². The average Bonchev–Trinajstić information content (AvgIpc) is 2.95. The molecule has 5 heteroatoms. The van der Waals surface area contributed by atoms with Crippen molar-refractivity contribution in [2.45, 2.75) is 26.3 Å². The summed E-state index contributed by atoms with van der Waals surface area (Å²) in [6.45, 7) is 4.34. The summed E-state index contributed by atoms with van der Waals surface area (Å²) in [7, 11) is 1.58. The van der Waals surface area contributed by atoms with Gasteiger partial charge in [-0.3, -0.25) is 0 Å². The van der Waals surface area contributed by atoms with Crippen LogP contribution in [0.1, 0.15) is 35.4 Å². The number of aryl methyl sites for hydroxylation is 1. The fraction of sp³-hybridized carbons (Fsp3) is 0.375. The summed E-state index contributed by atoms with van der Waals surface area (Å²) in [5.41, 5.74) is 0.520. The summed E-state index contributed by atoms with van der Waals surface area (Å²) in [5.74, 6) is -0.318. The molecule has 0 saturated carbocycles. The first-order valence-electron chi connectivity index (χ1n) is 6.88. The Hall–Kier alpha value is -1.46. The normalized spacial score (nSPS) is 12.4. The molecule has 2 nitrogen and oxygen atoms in total. The van der Waals surface area contributed by atoms with Gasteiger partial charge in [0.05, 0.1) is 13.2 Å². The molecular weight excluding hydrogens is 292 g/mol. The van der Waals surface area contributed by atoms with Crippen LogP contribution in [0.2, 0.25) is 0 Å². The molecule has 2 aromatic rings. The van der Waals surface area contributed by atoms with Gasteiger partial charge in [0.1, 0.15) is 17.4 Å². The van der Waals surface area contributed by atoms with E-state index in [0.717, 1.165) is 11.3 Å². The Labute approximate surface area is 127 Å². The van der Waals surface area contributed by atoms with Crippen LogP contribution in [0, 0.1) is 18.6 Å². The number of methoxy groups -OCH3 is 1. The zero-order chi connectivity index (χ0) is 15.4. The van der Waals surface area contributed by atoms with E-state index in [2.05, 4.69) is 5.32 Å². The molecule has 0 radical (unpaired) electrons. The molecule has 0 fully saturated rings. The van der Waals surface area contributed by atoms with Crippen LogP contribution in [0.3, 0.4) is 0 Å². The maximum Gasteiger partial charge on any atom is 0.134 e. The first kappa shape index (κ1) is 15.9. The van der Waals surface area contributed by atoms with Crippen LogP contribution in [0.4, 0.5) is 8.78 Å². The van der Waals surface area contributed by atoms with Crippen molar-refractivity contribution in [3.8, 4) is 5.75 Å². The number of ether oxygens (including phenoxy) is 1. The Bertz CT molecular complexity index is 612. The second kappa shape index (κ2) is 7.00. The van der Waals surface area contributed by atoms with Crippen LogP contribution in [0.5, 0.6) is 5.75 Å². The van der Waals surface area contributed by atoms with Crippen LogP contribution in [0.15, 0.2) is 23.6 Å². The van der Waals surface area contributed by atoms with E-state index in [0.29, 0.717) is 17.9 Å². The Kier molecular flexibility index (Phi) is 5.31. The van der Waals surface area contributed by atoms with Gasteiger partial charge >= 0.3 is 0 Å². The highest BCUT2D eigenvalue weighted by Crippen LogP contribution is 2.34. The lowest BCUT2D eigenvalue weighted by Crippen LogP contribution is -2.24. The molecule has 0 aliphatic rings. The third kappa shape index (κ3) is 3.41. The number of halogens is 2. The largest absolute Gasteiger partial charge is 0.496 e. The highest BCUT2D eigenvalue weighted by molar-refractivity contribution is 7.10. The van der Waals surface area contributed by atoms with Gasteiger partial charge in [-0.05, 0) is 37.6 Å². The van der Waals surface area contributed by atoms with Gasteiger partial charge < -0.3 is 10.1 Å². The highest BCUT2D eigenvalue weighted by atomic mass is 32.1. The topological polar surface area (TPSA) is 21.3 Å². The van der Waals surface area contributed by atoms with Crippen LogP contribution in [-0.2, 0) is 0 Å². The van der Waals surface area contributed by atoms with Crippen molar-refractivity contribution in [3.63, 3.8) is 0 Å².